The summed E-state index contributed by atoms with van der Waals surface area (Å²) < 4.78 is 0. The van der Waals surface area contributed by atoms with E-state index in [2.05, 4.69) is 48.1 Å². The van der Waals surface area contributed by atoms with E-state index in [0.29, 0.717) is 11.6 Å². The molecule has 1 aromatic heterocycles. The molecule has 0 aliphatic carbocycles. The van der Waals surface area contributed by atoms with Gasteiger partial charge >= 0.3 is 0 Å². The highest BCUT2D eigenvalue weighted by molar-refractivity contribution is 5.06. The average molecular weight is 247 g/mol. The van der Waals surface area contributed by atoms with Crippen molar-refractivity contribution in [2.45, 2.75) is 51.7 Å². The topological polar surface area (TPSA) is 28.2 Å². The zero-order valence-electron chi connectivity index (χ0n) is 11.8. The van der Waals surface area contributed by atoms with E-state index in [9.17, 15) is 0 Å². The molecule has 18 heavy (non-hydrogen) atoms. The Morgan fingerprint density at radius 1 is 1.39 bits per heavy atom. The number of hydrogen-bond donors (Lipinski definition) is 1. The van der Waals surface area contributed by atoms with Crippen molar-refractivity contribution < 1.29 is 0 Å². The molecule has 0 saturated carbocycles. The molecule has 2 rings (SSSR count). The third-order valence-corrected chi connectivity index (χ3v) is 4.34. The van der Waals surface area contributed by atoms with Gasteiger partial charge in [-0.25, -0.2) is 0 Å². The number of hydrogen-bond acceptors (Lipinski definition) is 3. The molecule has 100 valence electrons. The SMILES string of the molecule is CCC1(CC)CNC(C)CN1Cc1ccccn1. The molecule has 1 aliphatic rings. The first-order valence-corrected chi connectivity index (χ1v) is 7.08. The van der Waals surface area contributed by atoms with Crippen LogP contribution in [-0.4, -0.2) is 34.6 Å². The molecule has 1 saturated heterocycles. The monoisotopic (exact) mass is 247 g/mol. The molecule has 0 aromatic carbocycles. The van der Waals surface area contributed by atoms with Crippen LogP contribution in [0.1, 0.15) is 39.3 Å². The van der Waals surface area contributed by atoms with Gasteiger partial charge in [0.15, 0.2) is 0 Å². The lowest BCUT2D eigenvalue weighted by molar-refractivity contribution is 0.0268. The van der Waals surface area contributed by atoms with Crippen LogP contribution >= 0.6 is 0 Å². The van der Waals surface area contributed by atoms with E-state index in [0.717, 1.165) is 19.6 Å². The van der Waals surface area contributed by atoms with Gasteiger partial charge in [-0.15, -0.1) is 0 Å². The van der Waals surface area contributed by atoms with E-state index in [4.69, 9.17) is 0 Å². The molecule has 0 bridgehead atoms. The Bertz CT molecular complexity index is 359. The van der Waals surface area contributed by atoms with Gasteiger partial charge in [-0.3, -0.25) is 9.88 Å². The number of aromatic nitrogens is 1. The third kappa shape index (κ3) is 2.73. The number of nitrogens with zero attached hydrogens (tertiary/aromatic N) is 2. The first-order chi connectivity index (χ1) is 8.70. The minimum atomic E-state index is 0.296. The second kappa shape index (κ2) is 5.81. The normalized spacial score (nSPS) is 24.1. The van der Waals surface area contributed by atoms with Gasteiger partial charge in [-0.05, 0) is 31.9 Å². The van der Waals surface area contributed by atoms with E-state index in [1.54, 1.807) is 0 Å². The summed E-state index contributed by atoms with van der Waals surface area (Å²) in [6, 6.07) is 6.76. The molecule has 1 unspecified atom stereocenters. The quantitative estimate of drug-likeness (QED) is 0.885. The summed E-state index contributed by atoms with van der Waals surface area (Å²) in [6.45, 7) is 10.0. The molecule has 1 fully saturated rings. The molecule has 3 nitrogen and oxygen atoms in total. The van der Waals surface area contributed by atoms with Crippen LogP contribution in [0, 0.1) is 0 Å². The highest BCUT2D eigenvalue weighted by Crippen LogP contribution is 2.28. The summed E-state index contributed by atoms with van der Waals surface area (Å²) in [5.41, 5.74) is 1.47. The summed E-state index contributed by atoms with van der Waals surface area (Å²) >= 11 is 0. The minimum absolute atomic E-state index is 0.296. The standard InChI is InChI=1S/C15H25N3/c1-4-15(5-2)12-17-13(3)10-18(15)11-14-8-6-7-9-16-14/h6-9,13,17H,4-5,10-12H2,1-3H3. The van der Waals surface area contributed by atoms with Crippen LogP contribution in [0.15, 0.2) is 24.4 Å². The lowest BCUT2D eigenvalue weighted by Gasteiger charge is -2.49. The van der Waals surface area contributed by atoms with Gasteiger partial charge in [0.25, 0.3) is 0 Å². The van der Waals surface area contributed by atoms with Crippen LogP contribution in [-0.2, 0) is 6.54 Å². The molecule has 1 aliphatic heterocycles. The third-order valence-electron chi connectivity index (χ3n) is 4.34. The van der Waals surface area contributed by atoms with E-state index < -0.39 is 0 Å². The summed E-state index contributed by atoms with van der Waals surface area (Å²) in [7, 11) is 0. The lowest BCUT2D eigenvalue weighted by Crippen LogP contribution is -2.63. The fraction of sp³-hybridized carbons (Fsp3) is 0.667. The van der Waals surface area contributed by atoms with Crippen LogP contribution in [0.25, 0.3) is 0 Å². The van der Waals surface area contributed by atoms with Crippen molar-refractivity contribution in [3.05, 3.63) is 30.1 Å². The highest BCUT2D eigenvalue weighted by Gasteiger charge is 2.37. The molecule has 0 radical (unpaired) electrons. The number of nitrogens with one attached hydrogen (secondary N) is 1. The van der Waals surface area contributed by atoms with E-state index in [-0.39, 0.29) is 0 Å². The fourth-order valence-corrected chi connectivity index (χ4v) is 2.93. The summed E-state index contributed by atoms with van der Waals surface area (Å²) in [6.07, 6.45) is 4.27. The highest BCUT2D eigenvalue weighted by atomic mass is 15.3. The maximum absolute atomic E-state index is 4.47. The summed E-state index contributed by atoms with van der Waals surface area (Å²) in [5.74, 6) is 0. The zero-order chi connectivity index (χ0) is 13.0. The molecule has 0 amide bonds. The van der Waals surface area contributed by atoms with Gasteiger partial charge in [0, 0.05) is 37.4 Å². The van der Waals surface area contributed by atoms with E-state index in [1.807, 2.05) is 12.3 Å². The predicted molar refractivity (Wildman–Crippen MR) is 75.4 cm³/mol. The first kappa shape index (κ1) is 13.5. The smallest absolute Gasteiger partial charge is 0.0544 e. The molecule has 1 N–H and O–H groups in total. The second-order valence-electron chi connectivity index (χ2n) is 5.41. The van der Waals surface area contributed by atoms with Gasteiger partial charge in [-0.1, -0.05) is 19.9 Å². The molecule has 1 atom stereocenters. The molecule has 2 heterocycles. The van der Waals surface area contributed by atoms with Crippen LogP contribution < -0.4 is 5.32 Å². The Morgan fingerprint density at radius 3 is 2.78 bits per heavy atom. The van der Waals surface area contributed by atoms with Crippen LogP contribution in [0.4, 0.5) is 0 Å². The fourth-order valence-electron chi connectivity index (χ4n) is 2.93. The van der Waals surface area contributed by atoms with Crippen molar-refractivity contribution in [1.82, 2.24) is 15.2 Å². The zero-order valence-corrected chi connectivity index (χ0v) is 11.8. The van der Waals surface area contributed by atoms with Crippen molar-refractivity contribution in [3.63, 3.8) is 0 Å². The molecular formula is C15H25N3. The average Bonchev–Trinajstić information content (AvgIpc) is 2.41. The van der Waals surface area contributed by atoms with Gasteiger partial charge < -0.3 is 5.32 Å². The van der Waals surface area contributed by atoms with Crippen molar-refractivity contribution in [1.29, 1.82) is 0 Å². The number of pyridine rings is 1. The number of rotatable bonds is 4. The maximum atomic E-state index is 4.47. The summed E-state index contributed by atoms with van der Waals surface area (Å²) in [4.78, 5) is 7.09. The Labute approximate surface area is 111 Å². The molecular weight excluding hydrogens is 222 g/mol. The van der Waals surface area contributed by atoms with E-state index >= 15 is 0 Å². The van der Waals surface area contributed by atoms with Crippen LogP contribution in [0.5, 0.6) is 0 Å². The Kier molecular flexibility index (Phi) is 4.36. The lowest BCUT2D eigenvalue weighted by atomic mass is 9.87. The van der Waals surface area contributed by atoms with Crippen molar-refractivity contribution in [2.75, 3.05) is 13.1 Å². The van der Waals surface area contributed by atoms with Crippen molar-refractivity contribution in [2.24, 2.45) is 0 Å². The Hall–Kier alpha value is -0.930. The molecule has 1 aromatic rings. The van der Waals surface area contributed by atoms with Crippen LogP contribution in [0.2, 0.25) is 0 Å². The summed E-state index contributed by atoms with van der Waals surface area (Å²) in [5, 5.41) is 3.63. The minimum Gasteiger partial charge on any atom is -0.311 e. The Morgan fingerprint density at radius 2 is 2.17 bits per heavy atom. The largest absolute Gasteiger partial charge is 0.311 e. The molecule has 3 heteroatoms. The second-order valence-corrected chi connectivity index (χ2v) is 5.41. The maximum Gasteiger partial charge on any atom is 0.0544 e. The van der Waals surface area contributed by atoms with Crippen LogP contribution in [0.3, 0.4) is 0 Å². The molecule has 0 spiro atoms. The van der Waals surface area contributed by atoms with Gasteiger partial charge in [-0.2, -0.15) is 0 Å². The van der Waals surface area contributed by atoms with Crippen molar-refractivity contribution >= 4 is 0 Å². The number of piperazine rings is 1. The predicted octanol–water partition coefficient (Wildman–Crippen LogP) is 2.43. The van der Waals surface area contributed by atoms with E-state index in [1.165, 1.54) is 18.5 Å². The van der Waals surface area contributed by atoms with Crippen molar-refractivity contribution in [3.8, 4) is 0 Å². The van der Waals surface area contributed by atoms with Gasteiger partial charge in [0.2, 0.25) is 0 Å². The Balaban J connectivity index is 2.15. The van der Waals surface area contributed by atoms with Gasteiger partial charge in [0.05, 0.1) is 5.69 Å². The van der Waals surface area contributed by atoms with Gasteiger partial charge in [0.1, 0.15) is 0 Å². The first-order valence-electron chi connectivity index (χ1n) is 7.08.